The van der Waals surface area contributed by atoms with Gasteiger partial charge >= 0.3 is 0 Å². The summed E-state index contributed by atoms with van der Waals surface area (Å²) in [5, 5.41) is 1.16. The number of hydrogen-bond acceptors (Lipinski definition) is 2. The highest BCUT2D eigenvalue weighted by atomic mass is 16.2. The Morgan fingerprint density at radius 2 is 2.19 bits per heavy atom. The number of para-hydroxylation sites is 1. The molecule has 108 valence electrons. The van der Waals surface area contributed by atoms with Gasteiger partial charge in [0.25, 0.3) is 0 Å². The average Bonchev–Trinajstić information content (AvgIpc) is 3.07. The van der Waals surface area contributed by atoms with Crippen LogP contribution in [0.2, 0.25) is 0 Å². The fourth-order valence-electron chi connectivity index (χ4n) is 2.51. The van der Waals surface area contributed by atoms with Crippen LogP contribution in [0.1, 0.15) is 11.5 Å². The number of imidazole rings is 1. The van der Waals surface area contributed by atoms with Crippen LogP contribution in [0, 0.1) is 6.92 Å². The van der Waals surface area contributed by atoms with E-state index < -0.39 is 0 Å². The molecular weight excluding hydrogens is 264 g/mol. The molecule has 3 rings (SSSR count). The van der Waals surface area contributed by atoms with E-state index >= 15 is 0 Å². The van der Waals surface area contributed by atoms with Crippen LogP contribution in [-0.2, 0) is 17.9 Å². The number of carbonyl (C=O) groups is 1. The summed E-state index contributed by atoms with van der Waals surface area (Å²) in [5.41, 5.74) is 2.19. The largest absolute Gasteiger partial charge is 0.347 e. The molecule has 3 aromatic rings. The zero-order valence-corrected chi connectivity index (χ0v) is 12.2. The maximum Gasteiger partial charge on any atom is 0.242 e. The lowest BCUT2D eigenvalue weighted by atomic mass is 10.2. The minimum Gasteiger partial charge on any atom is -0.347 e. The van der Waals surface area contributed by atoms with E-state index in [1.807, 2.05) is 25.1 Å². The molecule has 5 heteroatoms. The van der Waals surface area contributed by atoms with E-state index in [1.165, 1.54) is 0 Å². The number of aromatic nitrogens is 3. The molecule has 0 atom stereocenters. The predicted octanol–water partition coefficient (Wildman–Crippen LogP) is 2.33. The normalized spacial score (nSPS) is 11.0. The van der Waals surface area contributed by atoms with Crippen molar-refractivity contribution in [1.82, 2.24) is 19.4 Å². The van der Waals surface area contributed by atoms with Crippen molar-refractivity contribution in [2.24, 2.45) is 0 Å². The Kier molecular flexibility index (Phi) is 3.48. The molecule has 0 bridgehead atoms. The SMILES string of the molecule is Cc1cc2ccccc2n1CC(=O)N(C)Cc1ncc[nH]1. The second kappa shape index (κ2) is 5.44. The number of H-pyrrole nitrogens is 1. The van der Waals surface area contributed by atoms with Gasteiger partial charge in [-0.1, -0.05) is 18.2 Å². The van der Waals surface area contributed by atoms with Gasteiger partial charge in [-0.2, -0.15) is 0 Å². The Morgan fingerprint density at radius 3 is 2.95 bits per heavy atom. The third-order valence-electron chi connectivity index (χ3n) is 3.68. The van der Waals surface area contributed by atoms with Crippen LogP contribution in [0.5, 0.6) is 0 Å². The lowest BCUT2D eigenvalue weighted by molar-refractivity contribution is -0.131. The summed E-state index contributed by atoms with van der Waals surface area (Å²) >= 11 is 0. The second-order valence-corrected chi connectivity index (χ2v) is 5.22. The van der Waals surface area contributed by atoms with Gasteiger partial charge in [0.1, 0.15) is 12.4 Å². The third kappa shape index (κ3) is 2.67. The summed E-state index contributed by atoms with van der Waals surface area (Å²) in [5.74, 6) is 0.857. The number of aromatic amines is 1. The van der Waals surface area contributed by atoms with Crippen LogP contribution in [0.3, 0.4) is 0 Å². The fraction of sp³-hybridized carbons (Fsp3) is 0.250. The van der Waals surface area contributed by atoms with E-state index in [1.54, 1.807) is 24.3 Å². The third-order valence-corrected chi connectivity index (χ3v) is 3.68. The van der Waals surface area contributed by atoms with Crippen LogP contribution in [-0.4, -0.2) is 32.4 Å². The number of amides is 1. The number of nitrogens with one attached hydrogen (secondary N) is 1. The van der Waals surface area contributed by atoms with Crippen molar-refractivity contribution in [1.29, 1.82) is 0 Å². The molecule has 2 heterocycles. The summed E-state index contributed by atoms with van der Waals surface area (Å²) in [4.78, 5) is 21.2. The van der Waals surface area contributed by atoms with E-state index in [2.05, 4.69) is 26.7 Å². The smallest absolute Gasteiger partial charge is 0.242 e. The summed E-state index contributed by atoms with van der Waals surface area (Å²) in [6.07, 6.45) is 3.45. The Morgan fingerprint density at radius 1 is 1.38 bits per heavy atom. The first-order chi connectivity index (χ1) is 10.1. The van der Waals surface area contributed by atoms with Crippen LogP contribution in [0.15, 0.2) is 42.7 Å². The Hall–Kier alpha value is -2.56. The van der Waals surface area contributed by atoms with Crippen LogP contribution in [0.4, 0.5) is 0 Å². The van der Waals surface area contributed by atoms with Crippen molar-refractivity contribution in [3.05, 3.63) is 54.2 Å². The molecule has 0 saturated carbocycles. The number of likely N-dealkylation sites (N-methyl/N-ethyl adjacent to an activating group) is 1. The van der Waals surface area contributed by atoms with E-state index in [9.17, 15) is 4.79 Å². The molecule has 1 aromatic carbocycles. The molecule has 0 saturated heterocycles. The quantitative estimate of drug-likeness (QED) is 0.798. The minimum atomic E-state index is 0.0656. The number of benzene rings is 1. The summed E-state index contributed by atoms with van der Waals surface area (Å²) < 4.78 is 2.05. The van der Waals surface area contributed by atoms with Crippen molar-refractivity contribution in [2.45, 2.75) is 20.0 Å². The molecular formula is C16H18N4O. The molecule has 1 N–H and O–H groups in total. The first kappa shape index (κ1) is 13.4. The molecule has 0 fully saturated rings. The molecule has 0 aliphatic rings. The van der Waals surface area contributed by atoms with Crippen LogP contribution in [0.25, 0.3) is 10.9 Å². The van der Waals surface area contributed by atoms with Gasteiger partial charge in [-0.3, -0.25) is 4.79 Å². The average molecular weight is 282 g/mol. The molecule has 0 aliphatic heterocycles. The Labute approximate surface area is 123 Å². The van der Waals surface area contributed by atoms with Crippen molar-refractivity contribution < 1.29 is 4.79 Å². The van der Waals surface area contributed by atoms with Crippen molar-refractivity contribution in [3.63, 3.8) is 0 Å². The van der Waals surface area contributed by atoms with E-state index in [-0.39, 0.29) is 5.91 Å². The zero-order valence-electron chi connectivity index (χ0n) is 12.2. The van der Waals surface area contributed by atoms with Crippen molar-refractivity contribution in [3.8, 4) is 0 Å². The van der Waals surface area contributed by atoms with Gasteiger partial charge in [0.05, 0.1) is 6.54 Å². The van der Waals surface area contributed by atoms with Gasteiger partial charge in [0, 0.05) is 30.7 Å². The van der Waals surface area contributed by atoms with Gasteiger partial charge < -0.3 is 14.5 Å². The number of carbonyl (C=O) groups excluding carboxylic acids is 1. The standard InChI is InChI=1S/C16H18N4O/c1-12-9-13-5-3-4-6-14(13)20(12)11-16(21)19(2)10-15-17-7-8-18-15/h3-9H,10-11H2,1-2H3,(H,17,18). The number of hydrogen-bond donors (Lipinski definition) is 1. The lowest BCUT2D eigenvalue weighted by Gasteiger charge is -2.17. The predicted molar refractivity (Wildman–Crippen MR) is 81.7 cm³/mol. The Bertz CT molecular complexity index is 758. The maximum absolute atomic E-state index is 12.4. The van der Waals surface area contributed by atoms with E-state index in [0.717, 1.165) is 22.4 Å². The number of aryl methyl sites for hydroxylation is 1. The van der Waals surface area contributed by atoms with E-state index in [4.69, 9.17) is 0 Å². The van der Waals surface area contributed by atoms with Gasteiger partial charge in [0.2, 0.25) is 5.91 Å². The minimum absolute atomic E-state index is 0.0656. The van der Waals surface area contributed by atoms with Gasteiger partial charge in [-0.25, -0.2) is 4.98 Å². The van der Waals surface area contributed by atoms with Gasteiger partial charge in [-0.15, -0.1) is 0 Å². The number of rotatable bonds is 4. The highest BCUT2D eigenvalue weighted by Gasteiger charge is 2.14. The molecule has 21 heavy (non-hydrogen) atoms. The molecule has 0 spiro atoms. The number of nitrogens with zero attached hydrogens (tertiary/aromatic N) is 3. The highest BCUT2D eigenvalue weighted by Crippen LogP contribution is 2.19. The molecule has 0 unspecified atom stereocenters. The van der Waals surface area contributed by atoms with Crippen molar-refractivity contribution in [2.75, 3.05) is 7.05 Å². The van der Waals surface area contributed by atoms with E-state index in [0.29, 0.717) is 13.1 Å². The summed E-state index contributed by atoms with van der Waals surface area (Å²) in [7, 11) is 1.80. The molecule has 0 radical (unpaired) electrons. The Balaban J connectivity index is 1.78. The van der Waals surface area contributed by atoms with Crippen LogP contribution >= 0.6 is 0 Å². The van der Waals surface area contributed by atoms with Crippen molar-refractivity contribution >= 4 is 16.8 Å². The maximum atomic E-state index is 12.4. The fourth-order valence-corrected chi connectivity index (χ4v) is 2.51. The zero-order chi connectivity index (χ0) is 14.8. The van der Waals surface area contributed by atoms with Gasteiger partial charge in [0.15, 0.2) is 0 Å². The summed E-state index contributed by atoms with van der Waals surface area (Å²) in [6, 6.07) is 10.2. The molecule has 1 amide bonds. The van der Waals surface area contributed by atoms with Crippen LogP contribution < -0.4 is 0 Å². The lowest BCUT2D eigenvalue weighted by Crippen LogP contribution is -2.30. The number of fused-ring (bicyclic) bond motifs is 1. The first-order valence-corrected chi connectivity index (χ1v) is 6.92. The summed E-state index contributed by atoms with van der Waals surface area (Å²) in [6.45, 7) is 2.86. The first-order valence-electron chi connectivity index (χ1n) is 6.92. The topological polar surface area (TPSA) is 53.9 Å². The monoisotopic (exact) mass is 282 g/mol. The second-order valence-electron chi connectivity index (χ2n) is 5.22. The highest BCUT2D eigenvalue weighted by molar-refractivity contribution is 5.84. The molecule has 2 aromatic heterocycles. The van der Waals surface area contributed by atoms with Gasteiger partial charge in [-0.05, 0) is 24.4 Å². The molecule has 0 aliphatic carbocycles. The molecule has 5 nitrogen and oxygen atoms in total.